The first kappa shape index (κ1) is 14.6. The average molecular weight is 226 g/mol. The molecule has 0 radical (unpaired) electrons. The first-order valence-electron chi connectivity index (χ1n) is 5.56. The van der Waals surface area contributed by atoms with E-state index in [4.69, 9.17) is 0 Å². The third kappa shape index (κ3) is 2.80. The van der Waals surface area contributed by atoms with Crippen LogP contribution in [0.15, 0.2) is 24.6 Å². The van der Waals surface area contributed by atoms with Gasteiger partial charge in [-0.2, -0.15) is 0 Å². The molecule has 0 saturated carbocycles. The molecule has 0 heterocycles. The lowest BCUT2D eigenvalue weighted by Crippen LogP contribution is -2.64. The maximum atomic E-state index is 4.02. The molecule has 0 unspecified atom stereocenters. The second kappa shape index (κ2) is 5.63. The Labute approximate surface area is 96.4 Å². The molecule has 0 aliphatic carbocycles. The molecule has 0 aromatic carbocycles. The van der Waals surface area contributed by atoms with Crippen molar-refractivity contribution in [2.24, 2.45) is 0 Å². The molecular formula is C12H26N2Si. The van der Waals surface area contributed by atoms with Crippen LogP contribution in [0.3, 0.4) is 0 Å². The minimum atomic E-state index is -1.88. The van der Waals surface area contributed by atoms with E-state index in [2.05, 4.69) is 75.5 Å². The molecule has 0 aromatic heterocycles. The van der Waals surface area contributed by atoms with Gasteiger partial charge >= 0.3 is 0 Å². The van der Waals surface area contributed by atoms with Gasteiger partial charge in [0.15, 0.2) is 0 Å². The Balaban J connectivity index is 5.21. The number of hydrogen-bond donors (Lipinski definition) is 0. The first-order valence-corrected chi connectivity index (χ1v) is 7.61. The zero-order valence-electron chi connectivity index (χ0n) is 11.1. The molecule has 0 rings (SSSR count). The van der Waals surface area contributed by atoms with Gasteiger partial charge in [-0.25, -0.2) is 0 Å². The molecule has 0 bridgehead atoms. The predicted molar refractivity (Wildman–Crippen MR) is 71.9 cm³/mol. The van der Waals surface area contributed by atoms with Gasteiger partial charge in [0, 0.05) is 0 Å². The van der Waals surface area contributed by atoms with Crippen LogP contribution in [0.25, 0.3) is 0 Å². The minimum Gasteiger partial charge on any atom is -0.306 e. The number of nitrogens with zero attached hydrogens (tertiary/aromatic N) is 2. The molecule has 0 atom stereocenters. The smallest absolute Gasteiger partial charge is 0.256 e. The van der Waals surface area contributed by atoms with Crippen LogP contribution in [0.4, 0.5) is 0 Å². The van der Waals surface area contributed by atoms with Crippen LogP contribution in [-0.4, -0.2) is 43.7 Å². The van der Waals surface area contributed by atoms with Crippen LogP contribution in [0.5, 0.6) is 0 Å². The fourth-order valence-electron chi connectivity index (χ4n) is 1.74. The third-order valence-corrected chi connectivity index (χ3v) is 7.77. The normalized spacial score (nSPS) is 12.9. The maximum absolute atomic E-state index is 4.02. The first-order chi connectivity index (χ1) is 6.83. The summed E-state index contributed by atoms with van der Waals surface area (Å²) in [6, 6.07) is 1.02. The van der Waals surface area contributed by atoms with Crippen LogP contribution >= 0.6 is 0 Å². The molecule has 88 valence electrons. The average Bonchev–Trinajstić information content (AvgIpc) is 2.19. The molecule has 0 amide bonds. The van der Waals surface area contributed by atoms with Crippen LogP contribution in [0, 0.1) is 0 Å². The Hall–Kier alpha value is -0.383. The standard InChI is InChI=1S/C12H26N2Si/c1-9-15(10-2,13(7)11(3)4)14(8)12(5)6/h9-12H,1-2H2,3-8H3. The van der Waals surface area contributed by atoms with Gasteiger partial charge in [-0.15, -0.1) is 13.2 Å². The van der Waals surface area contributed by atoms with Crippen LogP contribution in [0.2, 0.25) is 0 Å². The van der Waals surface area contributed by atoms with Crippen LogP contribution in [-0.2, 0) is 0 Å². The van der Waals surface area contributed by atoms with Crippen molar-refractivity contribution in [1.82, 2.24) is 9.13 Å². The highest BCUT2D eigenvalue weighted by molar-refractivity contribution is 6.83. The lowest BCUT2D eigenvalue weighted by molar-refractivity contribution is 0.332. The highest BCUT2D eigenvalue weighted by atomic mass is 28.3. The van der Waals surface area contributed by atoms with Crippen molar-refractivity contribution >= 4 is 8.40 Å². The summed E-state index contributed by atoms with van der Waals surface area (Å²) in [6.07, 6.45) is 0. The summed E-state index contributed by atoms with van der Waals surface area (Å²) < 4.78 is 4.82. The number of rotatable bonds is 6. The Morgan fingerprint density at radius 3 is 1.27 bits per heavy atom. The second-order valence-electron chi connectivity index (χ2n) is 4.60. The van der Waals surface area contributed by atoms with Gasteiger partial charge in [0.05, 0.1) is 0 Å². The fourth-order valence-corrected chi connectivity index (χ4v) is 5.21. The van der Waals surface area contributed by atoms with E-state index in [0.717, 1.165) is 0 Å². The molecule has 0 spiro atoms. The fraction of sp³-hybridized carbons (Fsp3) is 0.667. The van der Waals surface area contributed by atoms with Crippen molar-refractivity contribution in [3.05, 3.63) is 24.6 Å². The monoisotopic (exact) mass is 226 g/mol. The van der Waals surface area contributed by atoms with Gasteiger partial charge < -0.3 is 9.13 Å². The molecule has 0 aliphatic heterocycles. The number of hydrogen-bond acceptors (Lipinski definition) is 2. The molecular weight excluding hydrogens is 200 g/mol. The Bertz CT molecular complexity index is 200. The van der Waals surface area contributed by atoms with E-state index in [1.165, 1.54) is 0 Å². The van der Waals surface area contributed by atoms with Crippen LogP contribution < -0.4 is 0 Å². The highest BCUT2D eigenvalue weighted by Gasteiger charge is 2.39. The zero-order chi connectivity index (χ0) is 12.2. The maximum Gasteiger partial charge on any atom is 0.256 e. The van der Waals surface area contributed by atoms with E-state index in [1.807, 2.05) is 0 Å². The molecule has 2 nitrogen and oxygen atoms in total. The van der Waals surface area contributed by atoms with Gasteiger partial charge in [-0.3, -0.25) is 0 Å². The quantitative estimate of drug-likeness (QED) is 0.642. The van der Waals surface area contributed by atoms with E-state index >= 15 is 0 Å². The summed E-state index contributed by atoms with van der Waals surface area (Å²) in [6.45, 7) is 16.9. The van der Waals surface area contributed by atoms with Crippen LogP contribution in [0.1, 0.15) is 27.7 Å². The second-order valence-corrected chi connectivity index (χ2v) is 8.39. The largest absolute Gasteiger partial charge is 0.306 e. The molecule has 0 aliphatic rings. The third-order valence-electron chi connectivity index (χ3n) is 3.28. The molecule has 0 N–H and O–H groups in total. The topological polar surface area (TPSA) is 6.48 Å². The summed E-state index contributed by atoms with van der Waals surface area (Å²) in [5.74, 6) is 0. The van der Waals surface area contributed by atoms with Crippen molar-refractivity contribution in [2.75, 3.05) is 14.1 Å². The Morgan fingerprint density at radius 1 is 0.867 bits per heavy atom. The minimum absolute atomic E-state index is 0.508. The van der Waals surface area contributed by atoms with Crippen molar-refractivity contribution in [3.63, 3.8) is 0 Å². The molecule has 0 fully saturated rings. The lowest BCUT2D eigenvalue weighted by atomic mass is 10.4. The summed E-state index contributed by atoms with van der Waals surface area (Å²) in [5.41, 5.74) is 4.19. The molecule has 3 heteroatoms. The van der Waals surface area contributed by atoms with Gasteiger partial charge in [0.25, 0.3) is 8.40 Å². The summed E-state index contributed by atoms with van der Waals surface area (Å²) in [5, 5.41) is 0. The van der Waals surface area contributed by atoms with E-state index < -0.39 is 8.40 Å². The van der Waals surface area contributed by atoms with E-state index in [9.17, 15) is 0 Å². The highest BCUT2D eigenvalue weighted by Crippen LogP contribution is 2.20. The van der Waals surface area contributed by atoms with E-state index in [1.54, 1.807) is 0 Å². The molecule has 0 saturated heterocycles. The van der Waals surface area contributed by atoms with E-state index in [-0.39, 0.29) is 0 Å². The SMILES string of the molecule is C=C[Si](C=C)(N(C)C(C)C)N(C)C(C)C. The summed E-state index contributed by atoms with van der Waals surface area (Å²) in [7, 11) is 2.45. The Kier molecular flexibility index (Phi) is 5.49. The predicted octanol–water partition coefficient (Wildman–Crippen LogP) is 2.56. The molecule has 15 heavy (non-hydrogen) atoms. The van der Waals surface area contributed by atoms with Crippen molar-refractivity contribution in [1.29, 1.82) is 0 Å². The molecule has 0 aromatic rings. The van der Waals surface area contributed by atoms with Crippen molar-refractivity contribution < 1.29 is 0 Å². The Morgan fingerprint density at radius 2 is 1.13 bits per heavy atom. The zero-order valence-corrected chi connectivity index (χ0v) is 12.1. The van der Waals surface area contributed by atoms with Crippen molar-refractivity contribution in [2.45, 2.75) is 39.8 Å². The van der Waals surface area contributed by atoms with Crippen molar-refractivity contribution in [3.8, 4) is 0 Å². The van der Waals surface area contributed by atoms with E-state index in [0.29, 0.717) is 12.1 Å². The van der Waals surface area contributed by atoms with Gasteiger partial charge in [-0.1, -0.05) is 39.1 Å². The van der Waals surface area contributed by atoms with Gasteiger partial charge in [-0.05, 0) is 26.2 Å². The van der Waals surface area contributed by atoms with Gasteiger partial charge in [0.1, 0.15) is 0 Å². The summed E-state index contributed by atoms with van der Waals surface area (Å²) >= 11 is 0. The lowest BCUT2D eigenvalue weighted by Gasteiger charge is -2.45. The summed E-state index contributed by atoms with van der Waals surface area (Å²) in [4.78, 5) is 0. The van der Waals surface area contributed by atoms with Gasteiger partial charge in [0.2, 0.25) is 0 Å².